The SMILES string of the molecule is COc1ccc(-c2cc(=O)n(CC[C@](C)(C(=O)NOP(=O)([O-])[O-])S(C)(=O)=O)cc2F)c(F)c1.[K+].[K+]. The van der Waals surface area contributed by atoms with Crippen LogP contribution in [-0.2, 0) is 30.4 Å². The topological polar surface area (TPSA) is 167 Å². The molecule has 0 fully saturated rings. The van der Waals surface area contributed by atoms with E-state index in [4.69, 9.17) is 4.74 Å². The first-order chi connectivity index (χ1) is 15.1. The van der Waals surface area contributed by atoms with Gasteiger partial charge in [0.2, 0.25) is 0 Å². The van der Waals surface area contributed by atoms with Crippen molar-refractivity contribution in [2.24, 2.45) is 0 Å². The van der Waals surface area contributed by atoms with Gasteiger partial charge in [0.1, 0.15) is 17.4 Å². The van der Waals surface area contributed by atoms with Crippen molar-refractivity contribution in [3.8, 4) is 16.9 Å². The number of hydrogen-bond acceptors (Lipinski definition) is 9. The number of nitrogens with one attached hydrogen (secondary N) is 1. The first-order valence-electron chi connectivity index (χ1n) is 9.03. The number of phosphoric acid groups is 1. The van der Waals surface area contributed by atoms with Gasteiger partial charge in [0.25, 0.3) is 11.5 Å². The molecule has 0 aliphatic heterocycles. The molecule has 1 amide bonds. The number of halogens is 2. The van der Waals surface area contributed by atoms with Crippen LogP contribution in [-0.4, -0.2) is 37.0 Å². The Morgan fingerprint density at radius 3 is 2.26 bits per heavy atom. The van der Waals surface area contributed by atoms with Gasteiger partial charge in [-0.25, -0.2) is 27.3 Å². The van der Waals surface area contributed by atoms with Crippen molar-refractivity contribution < 1.29 is 148 Å². The van der Waals surface area contributed by atoms with E-state index >= 15 is 0 Å². The maximum atomic E-state index is 14.7. The molecule has 1 aromatic carbocycles. The Hall–Kier alpha value is 0.633. The van der Waals surface area contributed by atoms with E-state index in [9.17, 15) is 41.1 Å². The molecule has 1 heterocycles. The molecule has 2 rings (SSSR count). The molecule has 0 saturated heterocycles. The van der Waals surface area contributed by atoms with Crippen LogP contribution in [0, 0.1) is 11.6 Å². The Morgan fingerprint density at radius 1 is 1.17 bits per heavy atom. The number of ether oxygens (including phenoxy) is 1. The van der Waals surface area contributed by atoms with Crippen LogP contribution in [0.5, 0.6) is 5.75 Å². The van der Waals surface area contributed by atoms with Crippen molar-refractivity contribution in [1.29, 1.82) is 0 Å². The molecule has 0 aliphatic rings. The average molecular weight is 587 g/mol. The second kappa shape index (κ2) is 14.1. The number of hydroxylamine groups is 1. The number of aromatic nitrogens is 1. The fraction of sp³-hybridized carbons (Fsp3) is 0.333. The van der Waals surface area contributed by atoms with Crippen LogP contribution >= 0.6 is 7.82 Å². The van der Waals surface area contributed by atoms with Crippen molar-refractivity contribution in [1.82, 2.24) is 10.0 Å². The molecule has 2 aromatic rings. The van der Waals surface area contributed by atoms with Gasteiger partial charge in [0.05, 0.1) is 14.9 Å². The molecule has 0 saturated carbocycles. The minimum absolute atomic E-state index is 0. The summed E-state index contributed by atoms with van der Waals surface area (Å²) < 4.78 is 70.7. The molecule has 17 heteroatoms. The van der Waals surface area contributed by atoms with E-state index in [1.54, 1.807) is 0 Å². The van der Waals surface area contributed by atoms with E-state index < -0.39 is 58.5 Å². The second-order valence-corrected chi connectivity index (χ2v) is 10.7. The third-order valence-corrected chi connectivity index (χ3v) is 7.26. The van der Waals surface area contributed by atoms with Gasteiger partial charge in [-0.2, -0.15) is 0 Å². The summed E-state index contributed by atoms with van der Waals surface area (Å²) in [4.78, 5) is 45.8. The number of hydrogen-bond donors (Lipinski definition) is 1. The standard InChI is InChI=1S/C18H21F2N2O9PS.2K/c1-18(33(3,28)29,17(24)21-31-32(25,26)27)6-7-22-10-15(20)13(9-16(22)23)12-5-4-11(30-2)8-14(12)19;;/h4-5,8-10H,6-7H2,1-3H3,(H,21,24)(H2,25,26,27);;/q;2*+1/p-2/t18-;;/m1../s1. The van der Waals surface area contributed by atoms with E-state index in [0.29, 0.717) is 12.5 Å². The summed E-state index contributed by atoms with van der Waals surface area (Å²) in [5, 5.41) is 0. The fourth-order valence-electron chi connectivity index (χ4n) is 2.77. The fourth-order valence-corrected chi connectivity index (χ4v) is 3.81. The second-order valence-electron chi connectivity index (χ2n) is 7.14. The number of amides is 1. The van der Waals surface area contributed by atoms with Gasteiger partial charge < -0.3 is 23.7 Å². The summed E-state index contributed by atoms with van der Waals surface area (Å²) in [6, 6.07) is 4.38. The number of carbonyl (C=O) groups is 1. The van der Waals surface area contributed by atoms with Crippen LogP contribution < -0.4 is 128 Å². The van der Waals surface area contributed by atoms with Gasteiger partial charge in [0, 0.05) is 42.3 Å². The normalized spacial score (nSPS) is 13.1. The van der Waals surface area contributed by atoms with Crippen LogP contribution in [0.4, 0.5) is 8.78 Å². The largest absolute Gasteiger partial charge is 1.00 e. The molecule has 1 aromatic heterocycles. The third kappa shape index (κ3) is 9.40. The van der Waals surface area contributed by atoms with Crippen molar-refractivity contribution in [2.45, 2.75) is 24.6 Å². The monoisotopic (exact) mass is 586 g/mol. The summed E-state index contributed by atoms with van der Waals surface area (Å²) in [5.41, 5.74) is -0.142. The van der Waals surface area contributed by atoms with E-state index in [2.05, 4.69) is 4.62 Å². The molecule has 0 spiro atoms. The van der Waals surface area contributed by atoms with Crippen molar-refractivity contribution in [3.63, 3.8) is 0 Å². The van der Waals surface area contributed by atoms with E-state index in [1.807, 2.05) is 0 Å². The smallest absolute Gasteiger partial charge is 0.788 e. The summed E-state index contributed by atoms with van der Waals surface area (Å²) in [7, 11) is -8.58. The quantitative estimate of drug-likeness (QED) is 0.171. The maximum Gasteiger partial charge on any atom is 1.00 e. The number of aryl methyl sites for hydroxylation is 1. The van der Waals surface area contributed by atoms with Crippen molar-refractivity contribution >= 4 is 23.6 Å². The van der Waals surface area contributed by atoms with Crippen LogP contribution in [0.15, 0.2) is 35.3 Å². The number of methoxy groups -OCH3 is 1. The number of rotatable bonds is 9. The zero-order valence-electron chi connectivity index (χ0n) is 19.5. The minimum atomic E-state index is -5.65. The zero-order chi connectivity index (χ0) is 25.2. The van der Waals surface area contributed by atoms with Gasteiger partial charge >= 0.3 is 103 Å². The average Bonchev–Trinajstić information content (AvgIpc) is 2.70. The predicted octanol–water partition coefficient (Wildman–Crippen LogP) is -6.12. The van der Waals surface area contributed by atoms with Gasteiger partial charge in [-0.1, -0.05) is 0 Å². The summed E-state index contributed by atoms with van der Waals surface area (Å²) >= 11 is 0. The van der Waals surface area contributed by atoms with Gasteiger partial charge in [-0.15, -0.1) is 0 Å². The number of benzene rings is 1. The Labute approximate surface area is 284 Å². The zero-order valence-corrected chi connectivity index (χ0v) is 27.5. The van der Waals surface area contributed by atoms with E-state index in [0.717, 1.165) is 23.6 Å². The number of pyridine rings is 1. The first-order valence-corrected chi connectivity index (χ1v) is 12.4. The van der Waals surface area contributed by atoms with Gasteiger partial charge in [-0.3, -0.25) is 9.59 Å². The molecule has 0 aliphatic carbocycles. The summed E-state index contributed by atoms with van der Waals surface area (Å²) in [6.07, 6.45) is 0.750. The Balaban J connectivity index is 0.00000578. The Bertz CT molecular complexity index is 1290. The molecule has 1 N–H and O–H groups in total. The molecule has 0 unspecified atom stereocenters. The van der Waals surface area contributed by atoms with Crippen LogP contribution in [0.1, 0.15) is 13.3 Å². The first kappa shape index (κ1) is 35.6. The predicted molar refractivity (Wildman–Crippen MR) is 107 cm³/mol. The van der Waals surface area contributed by atoms with Crippen LogP contribution in [0.3, 0.4) is 0 Å². The van der Waals surface area contributed by atoms with Gasteiger partial charge in [0.15, 0.2) is 14.6 Å². The molecule has 1 atom stereocenters. The molecule has 35 heavy (non-hydrogen) atoms. The molecule has 0 radical (unpaired) electrons. The summed E-state index contributed by atoms with van der Waals surface area (Å²) in [6.45, 7) is 0.397. The van der Waals surface area contributed by atoms with E-state index in [-0.39, 0.29) is 120 Å². The number of sulfone groups is 1. The molecular formula is C18H19F2K2N2O9PS. The van der Waals surface area contributed by atoms with Gasteiger partial charge in [-0.05, 0) is 25.5 Å². The summed E-state index contributed by atoms with van der Waals surface area (Å²) in [5.74, 6) is -3.16. The molecule has 11 nitrogen and oxygen atoms in total. The molecule has 0 bridgehead atoms. The number of carbonyl (C=O) groups excluding carboxylic acids is 1. The Morgan fingerprint density at radius 2 is 1.77 bits per heavy atom. The Kier molecular flexibility index (Phi) is 14.4. The third-order valence-electron chi connectivity index (χ3n) is 4.92. The number of nitrogens with zero attached hydrogens (tertiary/aromatic N) is 1. The van der Waals surface area contributed by atoms with E-state index in [1.165, 1.54) is 24.7 Å². The van der Waals surface area contributed by atoms with Crippen molar-refractivity contribution in [2.75, 3.05) is 13.4 Å². The van der Waals surface area contributed by atoms with Crippen LogP contribution in [0.2, 0.25) is 0 Å². The molecule has 182 valence electrons. The maximum absolute atomic E-state index is 14.7. The molecular weight excluding hydrogens is 567 g/mol. The van der Waals surface area contributed by atoms with Crippen LogP contribution in [0.25, 0.3) is 11.1 Å². The minimum Gasteiger partial charge on any atom is -0.788 e. The van der Waals surface area contributed by atoms with Crippen molar-refractivity contribution in [3.05, 3.63) is 52.5 Å².